The van der Waals surface area contributed by atoms with Crippen molar-refractivity contribution >= 4 is 0 Å². The zero-order valence-corrected chi connectivity index (χ0v) is 13.2. The quantitative estimate of drug-likeness (QED) is 0.579. The minimum Gasteiger partial charge on any atom is -0.464 e. The molecule has 5 nitrogen and oxygen atoms in total. The zero-order valence-electron chi connectivity index (χ0n) is 13.2. The maximum Gasteiger partial charge on any atom is 0.122 e. The van der Waals surface area contributed by atoms with Crippen LogP contribution in [-0.4, -0.2) is 9.78 Å². The maximum atomic E-state index is 5.78. The molecule has 0 bridgehead atoms. The van der Waals surface area contributed by atoms with Crippen LogP contribution in [0.3, 0.4) is 0 Å². The second-order valence-electron chi connectivity index (χ2n) is 5.34. The Labute approximate surface area is 126 Å². The minimum absolute atomic E-state index is 0.0460. The van der Waals surface area contributed by atoms with Gasteiger partial charge in [-0.3, -0.25) is 10.5 Å². The number of furan rings is 1. The van der Waals surface area contributed by atoms with Gasteiger partial charge in [0, 0.05) is 19.0 Å². The number of nitrogens with two attached hydrogens (primary N) is 1. The third kappa shape index (κ3) is 3.74. The van der Waals surface area contributed by atoms with Crippen molar-refractivity contribution in [3.05, 3.63) is 41.6 Å². The molecule has 2 aromatic rings. The average Bonchev–Trinajstić information content (AvgIpc) is 3.15. The van der Waals surface area contributed by atoms with Gasteiger partial charge in [-0.05, 0) is 31.0 Å². The first-order valence-electron chi connectivity index (χ1n) is 7.80. The van der Waals surface area contributed by atoms with Gasteiger partial charge in [-0.25, -0.2) is 5.43 Å². The van der Waals surface area contributed by atoms with Crippen LogP contribution in [0.2, 0.25) is 0 Å². The average molecular weight is 290 g/mol. The number of aryl methyl sites for hydroxylation is 1. The van der Waals surface area contributed by atoms with Crippen molar-refractivity contribution in [1.82, 2.24) is 15.2 Å². The van der Waals surface area contributed by atoms with Gasteiger partial charge in [-0.1, -0.05) is 20.8 Å². The Morgan fingerprint density at radius 2 is 2.00 bits per heavy atom. The summed E-state index contributed by atoms with van der Waals surface area (Å²) in [5.41, 5.74) is 3.85. The summed E-state index contributed by atoms with van der Waals surface area (Å²) in [7, 11) is 0. The molecular weight excluding hydrogens is 264 g/mol. The SMILES string of the molecule is CCc1ccc(C(Cc2ccn(C(CC)CC)n2)NN)o1. The molecule has 0 aromatic carbocycles. The summed E-state index contributed by atoms with van der Waals surface area (Å²) in [4.78, 5) is 0. The first-order chi connectivity index (χ1) is 10.2. The molecule has 0 aliphatic rings. The van der Waals surface area contributed by atoms with Crippen LogP contribution < -0.4 is 11.3 Å². The van der Waals surface area contributed by atoms with Crippen LogP contribution in [0.15, 0.2) is 28.8 Å². The van der Waals surface area contributed by atoms with E-state index >= 15 is 0 Å². The van der Waals surface area contributed by atoms with Gasteiger partial charge in [0.2, 0.25) is 0 Å². The van der Waals surface area contributed by atoms with Gasteiger partial charge in [-0.15, -0.1) is 0 Å². The van der Waals surface area contributed by atoms with Crippen LogP contribution in [0.25, 0.3) is 0 Å². The molecule has 3 N–H and O–H groups in total. The Hall–Kier alpha value is -1.59. The zero-order chi connectivity index (χ0) is 15.2. The summed E-state index contributed by atoms with van der Waals surface area (Å²) in [6.45, 7) is 6.45. The number of hydrogen-bond acceptors (Lipinski definition) is 4. The van der Waals surface area contributed by atoms with E-state index in [4.69, 9.17) is 10.3 Å². The van der Waals surface area contributed by atoms with E-state index in [2.05, 4.69) is 48.2 Å². The number of rotatable bonds is 8. The van der Waals surface area contributed by atoms with E-state index in [1.807, 2.05) is 12.1 Å². The molecule has 1 atom stereocenters. The predicted molar refractivity (Wildman–Crippen MR) is 83.7 cm³/mol. The lowest BCUT2D eigenvalue weighted by Crippen LogP contribution is -2.29. The van der Waals surface area contributed by atoms with Gasteiger partial charge in [0.1, 0.15) is 11.5 Å². The fraction of sp³-hybridized carbons (Fsp3) is 0.562. The minimum atomic E-state index is -0.0460. The Bertz CT molecular complexity index is 542. The molecule has 0 saturated carbocycles. The monoisotopic (exact) mass is 290 g/mol. The van der Waals surface area contributed by atoms with E-state index in [1.165, 1.54) is 0 Å². The van der Waals surface area contributed by atoms with Crippen LogP contribution in [0.5, 0.6) is 0 Å². The van der Waals surface area contributed by atoms with E-state index < -0.39 is 0 Å². The van der Waals surface area contributed by atoms with E-state index in [1.54, 1.807) is 0 Å². The smallest absolute Gasteiger partial charge is 0.122 e. The van der Waals surface area contributed by atoms with E-state index in [9.17, 15) is 0 Å². The number of hydrogen-bond donors (Lipinski definition) is 2. The highest BCUT2D eigenvalue weighted by atomic mass is 16.3. The molecule has 0 amide bonds. The van der Waals surface area contributed by atoms with Crippen LogP contribution in [-0.2, 0) is 12.8 Å². The first-order valence-corrected chi connectivity index (χ1v) is 7.80. The molecule has 2 aromatic heterocycles. The summed E-state index contributed by atoms with van der Waals surface area (Å²) >= 11 is 0. The Morgan fingerprint density at radius 1 is 1.24 bits per heavy atom. The van der Waals surface area contributed by atoms with E-state index in [0.717, 1.165) is 42.9 Å². The molecule has 2 heterocycles. The summed E-state index contributed by atoms with van der Waals surface area (Å²) in [5.74, 6) is 7.52. The molecule has 0 saturated heterocycles. The summed E-state index contributed by atoms with van der Waals surface area (Å²) in [5, 5.41) is 4.67. The summed E-state index contributed by atoms with van der Waals surface area (Å²) in [6, 6.07) is 6.48. The normalized spacial score (nSPS) is 13.0. The highest BCUT2D eigenvalue weighted by Crippen LogP contribution is 2.21. The maximum absolute atomic E-state index is 5.78. The van der Waals surface area contributed by atoms with Gasteiger partial charge >= 0.3 is 0 Å². The van der Waals surface area contributed by atoms with Crippen molar-refractivity contribution in [2.45, 2.75) is 58.5 Å². The molecule has 0 aliphatic heterocycles. The number of nitrogens with one attached hydrogen (secondary N) is 1. The van der Waals surface area contributed by atoms with Crippen LogP contribution in [0, 0.1) is 0 Å². The molecule has 0 radical (unpaired) electrons. The van der Waals surface area contributed by atoms with E-state index in [0.29, 0.717) is 6.04 Å². The lowest BCUT2D eigenvalue weighted by molar-refractivity contribution is 0.389. The Kier molecular flexibility index (Phi) is 5.59. The largest absolute Gasteiger partial charge is 0.464 e. The van der Waals surface area contributed by atoms with Crippen LogP contribution >= 0.6 is 0 Å². The lowest BCUT2D eigenvalue weighted by atomic mass is 10.1. The molecule has 116 valence electrons. The highest BCUT2D eigenvalue weighted by Gasteiger charge is 2.17. The molecule has 5 heteroatoms. The molecular formula is C16H26N4O. The van der Waals surface area contributed by atoms with Crippen molar-refractivity contribution in [3.63, 3.8) is 0 Å². The van der Waals surface area contributed by atoms with Crippen molar-refractivity contribution in [1.29, 1.82) is 0 Å². The van der Waals surface area contributed by atoms with Crippen molar-refractivity contribution in [2.24, 2.45) is 5.84 Å². The molecule has 0 spiro atoms. The fourth-order valence-corrected chi connectivity index (χ4v) is 2.58. The van der Waals surface area contributed by atoms with Gasteiger partial charge in [0.25, 0.3) is 0 Å². The van der Waals surface area contributed by atoms with Gasteiger partial charge in [0.05, 0.1) is 17.8 Å². The standard InChI is InChI=1S/C16H26N4O/c1-4-13(5-2)20-10-9-12(19-20)11-15(18-17)16-8-7-14(6-3)21-16/h7-10,13,15,18H,4-6,11,17H2,1-3H3. The topological polar surface area (TPSA) is 69.0 Å². The van der Waals surface area contributed by atoms with Crippen molar-refractivity contribution in [3.8, 4) is 0 Å². The number of hydrazine groups is 1. The molecule has 2 rings (SSSR count). The second kappa shape index (κ2) is 7.43. The lowest BCUT2D eigenvalue weighted by Gasteiger charge is -2.14. The van der Waals surface area contributed by atoms with Crippen LogP contribution in [0.4, 0.5) is 0 Å². The highest BCUT2D eigenvalue weighted by molar-refractivity contribution is 5.14. The van der Waals surface area contributed by atoms with Crippen molar-refractivity contribution in [2.75, 3.05) is 0 Å². The van der Waals surface area contributed by atoms with Crippen molar-refractivity contribution < 1.29 is 4.42 Å². The van der Waals surface area contributed by atoms with E-state index in [-0.39, 0.29) is 6.04 Å². The number of nitrogens with zero attached hydrogens (tertiary/aromatic N) is 2. The van der Waals surface area contributed by atoms with Crippen LogP contribution in [0.1, 0.15) is 62.9 Å². The van der Waals surface area contributed by atoms with Gasteiger partial charge in [-0.2, -0.15) is 5.10 Å². The number of aromatic nitrogens is 2. The van der Waals surface area contributed by atoms with Gasteiger partial charge < -0.3 is 4.42 Å². The molecule has 0 aliphatic carbocycles. The third-order valence-corrected chi connectivity index (χ3v) is 3.97. The third-order valence-electron chi connectivity index (χ3n) is 3.97. The second-order valence-corrected chi connectivity index (χ2v) is 5.34. The Morgan fingerprint density at radius 3 is 2.57 bits per heavy atom. The molecule has 21 heavy (non-hydrogen) atoms. The fourth-order valence-electron chi connectivity index (χ4n) is 2.58. The first kappa shape index (κ1) is 15.8. The Balaban J connectivity index is 2.08. The molecule has 0 fully saturated rings. The predicted octanol–water partition coefficient (Wildman–Crippen LogP) is 3.15. The summed E-state index contributed by atoms with van der Waals surface area (Å²) in [6.07, 6.45) is 5.85. The van der Waals surface area contributed by atoms with Gasteiger partial charge in [0.15, 0.2) is 0 Å². The molecule has 1 unspecified atom stereocenters. The summed E-state index contributed by atoms with van der Waals surface area (Å²) < 4.78 is 7.84.